The summed E-state index contributed by atoms with van der Waals surface area (Å²) in [4.78, 5) is 0. The van der Waals surface area contributed by atoms with Gasteiger partial charge in [-0.15, -0.1) is 0 Å². The predicted octanol–water partition coefficient (Wildman–Crippen LogP) is 20.8. The zero-order valence-corrected chi connectivity index (χ0v) is 55.4. The minimum Gasteiger partial charge on any atom is -0.376 e. The van der Waals surface area contributed by atoms with Crippen LogP contribution in [0, 0.1) is 0 Å². The zero-order chi connectivity index (χ0) is 61.1. The summed E-state index contributed by atoms with van der Waals surface area (Å²) in [6, 6.07) is 54.9. The van der Waals surface area contributed by atoms with Gasteiger partial charge < -0.3 is 14.6 Å². The van der Waals surface area contributed by atoms with Crippen LogP contribution in [0.3, 0.4) is 0 Å². The Morgan fingerprint density at radius 3 is 0.598 bits per heavy atom. The van der Waals surface area contributed by atoms with Gasteiger partial charge in [0.25, 0.3) is 0 Å². The lowest BCUT2D eigenvalue weighted by molar-refractivity contribution is 0.0562. The molecule has 0 atom stereocenters. The summed E-state index contributed by atoms with van der Waals surface area (Å²) < 4.78 is 14.6. The third kappa shape index (κ3) is 12.1. The van der Waals surface area contributed by atoms with Crippen molar-refractivity contribution in [2.24, 2.45) is 0 Å². The standard InChI is InChI=1S/C79H104O3/c1-50(2)64-46-66(52(5)6)70(78(81-24,60-38-28-55(29-39-60)73(12,13)14)61-40-30-56(31-41-61)74(15,16)17)48-68(64)77(80,59-36-26-54(27-37-59)72(9,10)11)69-49-71(67(53(7)8)47-65(69)51(3)4)79(82-25,62-42-32-57(33-43-62)75(18,19)20)63-44-34-58(35-45-63)76(21,22)23/h26-53,80H,1-25H3. The van der Waals surface area contributed by atoms with Crippen LogP contribution >= 0.6 is 0 Å². The lowest BCUT2D eigenvalue weighted by Crippen LogP contribution is -2.38. The van der Waals surface area contributed by atoms with E-state index in [2.05, 4.69) is 305 Å². The molecule has 82 heavy (non-hydrogen) atoms. The third-order valence-electron chi connectivity index (χ3n) is 17.9. The molecule has 1 N–H and O–H groups in total. The zero-order valence-electron chi connectivity index (χ0n) is 55.4. The van der Waals surface area contributed by atoms with Crippen molar-refractivity contribution in [1.29, 1.82) is 0 Å². The number of methoxy groups -OCH3 is 2. The molecule has 0 spiro atoms. The van der Waals surface area contributed by atoms with E-state index in [9.17, 15) is 0 Å². The molecule has 0 fully saturated rings. The fraction of sp³-hybridized carbons (Fsp3) is 0.468. The van der Waals surface area contributed by atoms with Crippen molar-refractivity contribution in [1.82, 2.24) is 0 Å². The van der Waals surface area contributed by atoms with Gasteiger partial charge >= 0.3 is 0 Å². The van der Waals surface area contributed by atoms with Crippen molar-refractivity contribution in [2.45, 2.75) is 227 Å². The highest BCUT2D eigenvalue weighted by molar-refractivity contribution is 5.64. The number of hydrogen-bond donors (Lipinski definition) is 1. The topological polar surface area (TPSA) is 38.7 Å². The van der Waals surface area contributed by atoms with E-state index in [1.165, 1.54) is 38.9 Å². The van der Waals surface area contributed by atoms with E-state index in [0.717, 1.165) is 61.2 Å². The van der Waals surface area contributed by atoms with Crippen molar-refractivity contribution in [3.63, 3.8) is 0 Å². The summed E-state index contributed by atoms with van der Waals surface area (Å²) in [6.45, 7) is 52.3. The molecule has 0 bridgehead atoms. The van der Waals surface area contributed by atoms with Gasteiger partial charge in [-0.1, -0.05) is 293 Å². The van der Waals surface area contributed by atoms with E-state index in [1.807, 2.05) is 14.2 Å². The molecule has 0 aliphatic carbocycles. The average Bonchev–Trinajstić information content (AvgIpc) is 2.97. The van der Waals surface area contributed by atoms with Crippen LogP contribution in [-0.2, 0) is 53.4 Å². The highest BCUT2D eigenvalue weighted by Gasteiger charge is 2.47. The number of hydrogen-bond acceptors (Lipinski definition) is 3. The van der Waals surface area contributed by atoms with Crippen molar-refractivity contribution in [3.8, 4) is 0 Å². The van der Waals surface area contributed by atoms with Crippen LogP contribution < -0.4 is 0 Å². The van der Waals surface area contributed by atoms with Gasteiger partial charge in [-0.05, 0) is 163 Å². The normalized spacial score (nSPS) is 13.5. The molecule has 7 aromatic rings. The van der Waals surface area contributed by atoms with E-state index in [-0.39, 0.29) is 50.7 Å². The molecular weight excluding hydrogens is 997 g/mol. The van der Waals surface area contributed by atoms with Crippen molar-refractivity contribution >= 4 is 0 Å². The van der Waals surface area contributed by atoms with E-state index >= 15 is 5.11 Å². The molecule has 0 aliphatic rings. The van der Waals surface area contributed by atoms with Gasteiger partial charge in [-0.25, -0.2) is 0 Å². The summed E-state index contributed by atoms with van der Waals surface area (Å²) >= 11 is 0. The fourth-order valence-corrected chi connectivity index (χ4v) is 12.5. The molecule has 0 heterocycles. The highest BCUT2D eigenvalue weighted by atomic mass is 16.5. The fourth-order valence-electron chi connectivity index (χ4n) is 12.5. The van der Waals surface area contributed by atoms with Crippen LogP contribution in [-0.4, -0.2) is 19.3 Å². The quantitative estimate of drug-likeness (QED) is 0.104. The second-order valence-corrected chi connectivity index (χ2v) is 30.3. The SMILES string of the molecule is COC(c1ccc(C(C)(C)C)cc1)(c1ccc(C(C)(C)C)cc1)c1cc(C(O)(c2ccc(C(C)(C)C)cc2)c2cc(C(OC)(c3ccc(C(C)(C)C)cc3)c3ccc(C(C)(C)C)cc3)c(C(C)C)cc2C(C)C)c(C(C)C)cc1C(C)C. The minimum absolute atomic E-state index is 0.0219. The summed E-state index contributed by atoms with van der Waals surface area (Å²) in [7, 11) is 3.74. The highest BCUT2D eigenvalue weighted by Crippen LogP contribution is 2.53. The Labute approximate surface area is 498 Å². The van der Waals surface area contributed by atoms with Gasteiger partial charge in [0.1, 0.15) is 16.8 Å². The average molecular weight is 1100 g/mol. The lowest BCUT2D eigenvalue weighted by atomic mass is 9.67. The van der Waals surface area contributed by atoms with Crippen LogP contribution in [0.25, 0.3) is 0 Å². The van der Waals surface area contributed by atoms with Crippen LogP contribution in [0.1, 0.15) is 283 Å². The van der Waals surface area contributed by atoms with Gasteiger partial charge in [0.15, 0.2) is 0 Å². The Morgan fingerprint density at radius 2 is 0.427 bits per heavy atom. The first-order valence-electron chi connectivity index (χ1n) is 30.6. The smallest absolute Gasteiger partial charge is 0.143 e. The van der Waals surface area contributed by atoms with E-state index in [0.29, 0.717) is 0 Å². The number of rotatable bonds is 15. The molecule has 3 heteroatoms. The van der Waals surface area contributed by atoms with Crippen LogP contribution in [0.5, 0.6) is 0 Å². The molecular formula is C79H104O3. The van der Waals surface area contributed by atoms with Crippen LogP contribution in [0.15, 0.2) is 146 Å². The van der Waals surface area contributed by atoms with E-state index in [4.69, 9.17) is 9.47 Å². The molecule has 3 nitrogen and oxygen atoms in total. The van der Waals surface area contributed by atoms with Gasteiger partial charge in [-0.3, -0.25) is 0 Å². The molecule has 7 aromatic carbocycles. The third-order valence-corrected chi connectivity index (χ3v) is 17.9. The van der Waals surface area contributed by atoms with E-state index < -0.39 is 16.8 Å². The number of aliphatic hydroxyl groups is 1. The molecule has 0 unspecified atom stereocenters. The van der Waals surface area contributed by atoms with Gasteiger partial charge in [-0.2, -0.15) is 0 Å². The number of ether oxygens (including phenoxy) is 2. The first-order chi connectivity index (χ1) is 37.9. The maximum Gasteiger partial charge on any atom is 0.143 e. The maximum absolute atomic E-state index is 15.5. The minimum atomic E-state index is -1.72. The lowest BCUT2D eigenvalue weighted by Gasteiger charge is -2.42. The first kappa shape index (κ1) is 64.0. The maximum atomic E-state index is 15.5. The van der Waals surface area contributed by atoms with Crippen molar-refractivity contribution in [3.05, 3.63) is 246 Å². The summed E-state index contributed by atoms with van der Waals surface area (Å²) in [6.07, 6.45) is 0. The molecule has 438 valence electrons. The Hall–Kier alpha value is -5.58. The molecule has 0 aromatic heterocycles. The Bertz CT molecular complexity index is 2980. The molecule has 0 radical (unpaired) electrons. The predicted molar refractivity (Wildman–Crippen MR) is 351 cm³/mol. The van der Waals surface area contributed by atoms with E-state index in [1.54, 1.807) is 0 Å². The molecule has 0 saturated carbocycles. The summed E-state index contributed by atoms with van der Waals surface area (Å²) in [5.74, 6) is 0.234. The molecule has 0 amide bonds. The first-order valence-corrected chi connectivity index (χ1v) is 30.6. The van der Waals surface area contributed by atoms with Crippen molar-refractivity contribution in [2.75, 3.05) is 14.2 Å². The second kappa shape index (κ2) is 23.1. The molecule has 0 saturated heterocycles. The monoisotopic (exact) mass is 1100 g/mol. The number of benzene rings is 7. The van der Waals surface area contributed by atoms with Gasteiger partial charge in [0, 0.05) is 14.2 Å². The Morgan fingerprint density at radius 1 is 0.256 bits per heavy atom. The Balaban J connectivity index is 1.74. The molecule has 0 aliphatic heterocycles. The van der Waals surface area contributed by atoms with Crippen molar-refractivity contribution < 1.29 is 14.6 Å². The van der Waals surface area contributed by atoms with Gasteiger partial charge in [0.2, 0.25) is 0 Å². The van der Waals surface area contributed by atoms with Crippen LogP contribution in [0.2, 0.25) is 0 Å². The Kier molecular flexibility index (Phi) is 18.0. The second-order valence-electron chi connectivity index (χ2n) is 30.3. The molecule has 7 rings (SSSR count). The summed E-state index contributed by atoms with van der Waals surface area (Å²) in [5, 5.41) is 15.5. The van der Waals surface area contributed by atoms with Gasteiger partial charge in [0.05, 0.1) is 0 Å². The van der Waals surface area contributed by atoms with Crippen LogP contribution in [0.4, 0.5) is 0 Å². The summed E-state index contributed by atoms with van der Waals surface area (Å²) in [5.41, 5.74) is 15.1. The largest absolute Gasteiger partial charge is 0.376 e.